The molecule has 1 heterocycles. The van der Waals surface area contributed by atoms with Gasteiger partial charge in [0.1, 0.15) is 4.60 Å². The molecule has 0 aromatic carbocycles. The largest absolute Gasteiger partial charge is 0.426 e. The highest BCUT2D eigenvalue weighted by Crippen LogP contribution is 2.02. The lowest BCUT2D eigenvalue weighted by Gasteiger charge is -2.02. The Bertz CT molecular complexity index is 344. The molecule has 0 saturated heterocycles. The zero-order chi connectivity index (χ0) is 9.84. The Hall–Kier alpha value is -0.770. The molecule has 0 spiro atoms. The molecule has 13 heavy (non-hydrogen) atoms. The molecule has 4 heteroatoms. The van der Waals surface area contributed by atoms with Gasteiger partial charge < -0.3 is 5.21 Å². The van der Waals surface area contributed by atoms with Crippen LogP contribution in [0.1, 0.15) is 13.8 Å². The summed E-state index contributed by atoms with van der Waals surface area (Å²) in [6.45, 7) is 4.89. The van der Waals surface area contributed by atoms with Crippen molar-refractivity contribution >= 4 is 15.9 Å². The zero-order valence-electron chi connectivity index (χ0n) is 7.74. The van der Waals surface area contributed by atoms with Gasteiger partial charge in [0, 0.05) is 6.54 Å². The van der Waals surface area contributed by atoms with Crippen molar-refractivity contribution in [2.45, 2.75) is 13.8 Å². The zero-order valence-corrected chi connectivity index (χ0v) is 9.32. The Kier molecular flexibility index (Phi) is 3.54. The maximum Gasteiger partial charge on any atom is 0.164 e. The van der Waals surface area contributed by atoms with Gasteiger partial charge in [-0.05, 0) is 34.0 Å². The summed E-state index contributed by atoms with van der Waals surface area (Å²) in [4.78, 5) is 4.25. The number of pyridine rings is 1. The van der Waals surface area contributed by atoms with E-state index in [1.54, 1.807) is 12.1 Å². The van der Waals surface area contributed by atoms with E-state index in [0.717, 1.165) is 11.3 Å². The van der Waals surface area contributed by atoms with Crippen molar-refractivity contribution in [1.82, 2.24) is 4.73 Å². The van der Waals surface area contributed by atoms with Crippen LogP contribution in [0.3, 0.4) is 0 Å². The van der Waals surface area contributed by atoms with Crippen molar-refractivity contribution in [3.8, 4) is 0 Å². The van der Waals surface area contributed by atoms with Crippen LogP contribution in [-0.4, -0.2) is 16.5 Å². The standard InChI is InChI=1S/C9H13BrN2O/c1-7(2)6-11-9-5-3-4-8(10)12(9)13/h3-5,7,13H,6H2,1-2H3. The number of rotatable bonds is 2. The second kappa shape index (κ2) is 4.46. The van der Waals surface area contributed by atoms with Crippen LogP contribution < -0.4 is 5.49 Å². The van der Waals surface area contributed by atoms with E-state index in [0.29, 0.717) is 16.0 Å². The highest BCUT2D eigenvalue weighted by molar-refractivity contribution is 9.10. The van der Waals surface area contributed by atoms with Crippen LogP contribution in [0.4, 0.5) is 0 Å². The van der Waals surface area contributed by atoms with Gasteiger partial charge in [-0.25, -0.2) is 0 Å². The Morgan fingerprint density at radius 1 is 1.54 bits per heavy atom. The topological polar surface area (TPSA) is 37.5 Å². The molecular weight excluding hydrogens is 232 g/mol. The van der Waals surface area contributed by atoms with Gasteiger partial charge in [-0.2, -0.15) is 4.73 Å². The van der Waals surface area contributed by atoms with Crippen LogP contribution in [0, 0.1) is 5.92 Å². The molecule has 3 nitrogen and oxygen atoms in total. The summed E-state index contributed by atoms with van der Waals surface area (Å²) in [6, 6.07) is 5.37. The van der Waals surface area contributed by atoms with Gasteiger partial charge in [-0.15, -0.1) is 0 Å². The summed E-state index contributed by atoms with van der Waals surface area (Å²) >= 11 is 3.21. The lowest BCUT2D eigenvalue weighted by molar-refractivity contribution is 0.164. The van der Waals surface area contributed by atoms with E-state index >= 15 is 0 Å². The summed E-state index contributed by atoms with van der Waals surface area (Å²) < 4.78 is 1.64. The highest BCUT2D eigenvalue weighted by atomic mass is 79.9. The van der Waals surface area contributed by atoms with Crippen molar-refractivity contribution < 1.29 is 5.21 Å². The predicted octanol–water partition coefficient (Wildman–Crippen LogP) is 2.04. The van der Waals surface area contributed by atoms with E-state index in [-0.39, 0.29) is 0 Å². The van der Waals surface area contributed by atoms with Gasteiger partial charge in [0.15, 0.2) is 5.49 Å². The Morgan fingerprint density at radius 2 is 2.23 bits per heavy atom. The maximum absolute atomic E-state index is 9.49. The quantitative estimate of drug-likeness (QED) is 0.628. The van der Waals surface area contributed by atoms with Gasteiger partial charge in [0.05, 0.1) is 0 Å². The van der Waals surface area contributed by atoms with E-state index in [1.165, 1.54) is 0 Å². The summed E-state index contributed by atoms with van der Waals surface area (Å²) in [5, 5.41) is 9.49. The van der Waals surface area contributed by atoms with Crippen molar-refractivity contribution in [1.29, 1.82) is 0 Å². The summed E-state index contributed by atoms with van der Waals surface area (Å²) in [6.07, 6.45) is 0. The smallest absolute Gasteiger partial charge is 0.164 e. The van der Waals surface area contributed by atoms with Crippen molar-refractivity contribution in [2.75, 3.05) is 6.54 Å². The molecule has 0 fully saturated rings. The third-order valence-electron chi connectivity index (χ3n) is 1.52. The number of hydrogen-bond acceptors (Lipinski definition) is 2. The van der Waals surface area contributed by atoms with E-state index in [2.05, 4.69) is 34.8 Å². The average molecular weight is 245 g/mol. The Morgan fingerprint density at radius 3 is 2.85 bits per heavy atom. The first kappa shape index (κ1) is 10.3. The lowest BCUT2D eigenvalue weighted by Crippen LogP contribution is -2.19. The van der Waals surface area contributed by atoms with E-state index in [1.807, 2.05) is 6.07 Å². The fourth-order valence-electron chi connectivity index (χ4n) is 0.860. The Labute approximate surface area is 85.8 Å². The van der Waals surface area contributed by atoms with Crippen LogP contribution >= 0.6 is 15.9 Å². The first-order chi connectivity index (χ1) is 6.11. The first-order valence-electron chi connectivity index (χ1n) is 4.18. The number of aromatic nitrogens is 1. The highest BCUT2D eigenvalue weighted by Gasteiger charge is 1.95. The average Bonchev–Trinajstić information content (AvgIpc) is 2.07. The molecule has 0 aliphatic rings. The van der Waals surface area contributed by atoms with Gasteiger partial charge in [0.25, 0.3) is 0 Å². The van der Waals surface area contributed by atoms with Crippen molar-refractivity contribution in [2.24, 2.45) is 10.9 Å². The third kappa shape index (κ3) is 2.88. The van der Waals surface area contributed by atoms with Crippen LogP contribution in [0.5, 0.6) is 0 Å². The molecule has 1 N–H and O–H groups in total. The third-order valence-corrected chi connectivity index (χ3v) is 2.12. The molecule has 0 bridgehead atoms. The fraction of sp³-hybridized carbons (Fsp3) is 0.444. The van der Waals surface area contributed by atoms with Gasteiger partial charge >= 0.3 is 0 Å². The van der Waals surface area contributed by atoms with Gasteiger partial charge in [-0.1, -0.05) is 19.9 Å². The van der Waals surface area contributed by atoms with Gasteiger partial charge in [-0.3, -0.25) is 4.99 Å². The molecule has 1 aromatic heterocycles. The van der Waals surface area contributed by atoms with Crippen molar-refractivity contribution in [3.05, 3.63) is 28.3 Å². The number of hydrogen-bond donors (Lipinski definition) is 1. The van der Waals surface area contributed by atoms with Crippen molar-refractivity contribution in [3.63, 3.8) is 0 Å². The molecule has 1 aromatic rings. The molecule has 72 valence electrons. The molecule has 0 radical (unpaired) electrons. The SMILES string of the molecule is CC(C)CN=c1cccc(Br)n1O. The Balaban J connectivity index is 3.01. The molecule has 0 aliphatic carbocycles. The molecular formula is C9H13BrN2O. The van der Waals surface area contributed by atoms with Crippen LogP contribution in [-0.2, 0) is 0 Å². The normalized spacial score (nSPS) is 12.5. The fourth-order valence-corrected chi connectivity index (χ4v) is 1.19. The first-order valence-corrected chi connectivity index (χ1v) is 4.98. The monoisotopic (exact) mass is 244 g/mol. The minimum Gasteiger partial charge on any atom is -0.426 e. The molecule has 0 amide bonds. The second-order valence-corrected chi connectivity index (χ2v) is 4.07. The summed E-state index contributed by atoms with van der Waals surface area (Å²) in [7, 11) is 0. The molecule has 0 unspecified atom stereocenters. The molecule has 0 aliphatic heterocycles. The van der Waals surface area contributed by atoms with Crippen LogP contribution in [0.2, 0.25) is 0 Å². The molecule has 0 saturated carbocycles. The lowest BCUT2D eigenvalue weighted by atomic mass is 10.2. The van der Waals surface area contributed by atoms with E-state index < -0.39 is 0 Å². The molecule has 1 rings (SSSR count). The van der Waals surface area contributed by atoms with E-state index in [4.69, 9.17) is 0 Å². The molecule has 0 atom stereocenters. The van der Waals surface area contributed by atoms with Gasteiger partial charge in [0.2, 0.25) is 0 Å². The minimum absolute atomic E-state index is 0.499. The number of nitrogens with zero attached hydrogens (tertiary/aromatic N) is 2. The summed E-state index contributed by atoms with van der Waals surface area (Å²) in [5.41, 5.74) is 0.572. The van der Waals surface area contributed by atoms with Crippen LogP contribution in [0.25, 0.3) is 0 Å². The minimum atomic E-state index is 0.499. The van der Waals surface area contributed by atoms with E-state index in [9.17, 15) is 5.21 Å². The predicted molar refractivity (Wildman–Crippen MR) is 54.6 cm³/mol. The van der Waals surface area contributed by atoms with Crippen LogP contribution in [0.15, 0.2) is 27.8 Å². The second-order valence-electron chi connectivity index (χ2n) is 3.25. The summed E-state index contributed by atoms with van der Waals surface area (Å²) in [5.74, 6) is 0.499. The maximum atomic E-state index is 9.49. The number of halogens is 1.